The minimum atomic E-state index is 0.787. The summed E-state index contributed by atoms with van der Waals surface area (Å²) in [4.78, 5) is 0. The average molecular weight is 264 g/mol. The Hall–Kier alpha value is -1.10. The van der Waals surface area contributed by atoms with Crippen molar-refractivity contribution >= 4 is 18.9 Å². The first-order valence-corrected chi connectivity index (χ1v) is 6.18. The molecule has 0 radical (unpaired) electrons. The average Bonchev–Trinajstić information content (AvgIpc) is 2.40. The second-order valence-corrected chi connectivity index (χ2v) is 4.10. The zero-order valence-corrected chi connectivity index (χ0v) is 11.6. The van der Waals surface area contributed by atoms with E-state index < -0.39 is 0 Å². The quantitative estimate of drug-likeness (QED) is 0.785. The Morgan fingerprint density at radius 3 is 1.53 bits per heavy atom. The van der Waals surface area contributed by atoms with Gasteiger partial charge < -0.3 is 9.05 Å². The summed E-state index contributed by atoms with van der Waals surface area (Å²) in [5.74, 6) is 1.74. The highest BCUT2D eigenvalue weighted by atomic mass is 31.0. The van der Waals surface area contributed by atoms with Crippen molar-refractivity contribution in [3.8, 4) is 11.5 Å². The number of hydrogen-bond acceptors (Lipinski definition) is 2. The normalized spacial score (nSPS) is 10.0. The predicted molar refractivity (Wildman–Crippen MR) is 76.4 cm³/mol. The summed E-state index contributed by atoms with van der Waals surface area (Å²) < 4.78 is 10.5. The van der Waals surface area contributed by atoms with E-state index in [2.05, 4.69) is 31.1 Å². The molecule has 0 bridgehead atoms. The van der Waals surface area contributed by atoms with E-state index in [1.54, 1.807) is 0 Å². The third kappa shape index (κ3) is 2.97. The van der Waals surface area contributed by atoms with Crippen molar-refractivity contribution < 1.29 is 9.05 Å². The number of hydrogen-bond donors (Lipinski definition) is 0. The van der Waals surface area contributed by atoms with Gasteiger partial charge in [-0.2, -0.15) is 0 Å². The maximum Gasteiger partial charge on any atom is 0.126 e. The van der Waals surface area contributed by atoms with Gasteiger partial charge in [0.25, 0.3) is 0 Å². The zero-order chi connectivity index (χ0) is 12.1. The van der Waals surface area contributed by atoms with Crippen LogP contribution < -0.4 is 9.05 Å². The molecule has 2 atom stereocenters. The molecular weight excluding hydrogens is 250 g/mol. The maximum absolute atomic E-state index is 5.26. The van der Waals surface area contributed by atoms with Crippen molar-refractivity contribution in [2.75, 3.05) is 0 Å². The molecule has 2 nitrogen and oxygen atoms in total. The van der Waals surface area contributed by atoms with Gasteiger partial charge in [0.15, 0.2) is 0 Å². The van der Waals surface area contributed by atoms with Gasteiger partial charge in [-0.05, 0) is 23.3 Å². The van der Waals surface area contributed by atoms with Crippen molar-refractivity contribution in [2.24, 2.45) is 0 Å². The molecule has 4 heteroatoms. The van der Waals surface area contributed by atoms with Crippen LogP contribution in [0.15, 0.2) is 48.5 Å². The lowest BCUT2D eigenvalue weighted by Gasteiger charge is -2.10. The van der Waals surface area contributed by atoms with E-state index in [-0.39, 0.29) is 0 Å². The van der Waals surface area contributed by atoms with Crippen molar-refractivity contribution in [1.82, 2.24) is 0 Å². The van der Waals surface area contributed by atoms with Crippen LogP contribution in [0.2, 0.25) is 0 Å². The van der Waals surface area contributed by atoms with Crippen LogP contribution in [-0.4, -0.2) is 0 Å². The Labute approximate surface area is 106 Å². The van der Waals surface area contributed by atoms with Gasteiger partial charge >= 0.3 is 0 Å². The third-order valence-electron chi connectivity index (χ3n) is 2.58. The predicted octanol–water partition coefficient (Wildman–Crippen LogP) is 3.62. The zero-order valence-electron chi connectivity index (χ0n) is 9.30. The smallest absolute Gasteiger partial charge is 0.126 e. The molecule has 0 aromatic heterocycles. The lowest BCUT2D eigenvalue weighted by atomic mass is 10.0. The molecule has 0 heterocycles. The van der Waals surface area contributed by atoms with Gasteiger partial charge in [0, 0.05) is 6.42 Å². The molecule has 2 aromatic rings. The summed E-state index contributed by atoms with van der Waals surface area (Å²) in [6.07, 6.45) is 0.787. The molecule has 0 saturated heterocycles. The summed E-state index contributed by atoms with van der Waals surface area (Å²) in [5, 5.41) is 0. The van der Waals surface area contributed by atoms with E-state index in [9.17, 15) is 0 Å². The molecule has 0 saturated carbocycles. The van der Waals surface area contributed by atoms with E-state index in [0.29, 0.717) is 0 Å². The fraction of sp³-hybridized carbons (Fsp3) is 0.0769. The van der Waals surface area contributed by atoms with E-state index in [4.69, 9.17) is 9.05 Å². The topological polar surface area (TPSA) is 18.5 Å². The first-order valence-electron chi connectivity index (χ1n) is 5.24. The summed E-state index contributed by atoms with van der Waals surface area (Å²) >= 11 is 0. The van der Waals surface area contributed by atoms with Crippen molar-refractivity contribution in [2.45, 2.75) is 6.42 Å². The molecule has 2 unspecified atom stereocenters. The van der Waals surface area contributed by atoms with Crippen LogP contribution in [0.25, 0.3) is 0 Å². The van der Waals surface area contributed by atoms with Crippen molar-refractivity contribution in [1.29, 1.82) is 0 Å². The molecule has 0 N–H and O–H groups in total. The Morgan fingerprint density at radius 1 is 0.706 bits per heavy atom. The largest absolute Gasteiger partial charge is 0.480 e. The van der Waals surface area contributed by atoms with Gasteiger partial charge in [-0.1, -0.05) is 36.4 Å². The first-order chi connectivity index (χ1) is 8.35. The lowest BCUT2D eigenvalue weighted by Crippen LogP contribution is -1.92. The van der Waals surface area contributed by atoms with Gasteiger partial charge in [0.1, 0.15) is 11.5 Å². The molecule has 2 rings (SSSR count). The number of rotatable bonds is 4. The molecule has 88 valence electrons. The first kappa shape index (κ1) is 12.4. The molecular formula is C13H14O2P2. The molecule has 0 aliphatic rings. The summed E-state index contributed by atoms with van der Waals surface area (Å²) in [7, 11) is 4.57. The van der Waals surface area contributed by atoms with Crippen LogP contribution in [0, 0.1) is 0 Å². The number of benzene rings is 2. The highest BCUT2D eigenvalue weighted by molar-refractivity contribution is 7.10. The van der Waals surface area contributed by atoms with Gasteiger partial charge in [-0.25, -0.2) is 0 Å². The van der Waals surface area contributed by atoms with Crippen LogP contribution in [0.3, 0.4) is 0 Å². The SMILES string of the molecule is POc1ccccc1Cc1ccccc1OP. The van der Waals surface area contributed by atoms with Gasteiger partial charge in [0.05, 0.1) is 18.9 Å². The lowest BCUT2D eigenvalue weighted by molar-refractivity contribution is 0.626. The highest BCUT2D eigenvalue weighted by Crippen LogP contribution is 2.27. The Balaban J connectivity index is 2.31. The number of para-hydroxylation sites is 2. The maximum atomic E-state index is 5.26. The Bertz CT molecular complexity index is 455. The molecule has 2 aromatic carbocycles. The van der Waals surface area contributed by atoms with Gasteiger partial charge in [0.2, 0.25) is 0 Å². The fourth-order valence-electron chi connectivity index (χ4n) is 1.73. The second-order valence-electron chi connectivity index (χ2n) is 3.63. The minimum Gasteiger partial charge on any atom is -0.480 e. The van der Waals surface area contributed by atoms with E-state index in [1.807, 2.05) is 36.4 Å². The minimum absolute atomic E-state index is 0.787. The molecule has 0 amide bonds. The van der Waals surface area contributed by atoms with Crippen molar-refractivity contribution in [3.05, 3.63) is 59.7 Å². The fourth-order valence-corrected chi connectivity index (χ4v) is 2.19. The Kier molecular flexibility index (Phi) is 4.36. The van der Waals surface area contributed by atoms with E-state index >= 15 is 0 Å². The van der Waals surface area contributed by atoms with Gasteiger partial charge in [-0.3, -0.25) is 0 Å². The van der Waals surface area contributed by atoms with Crippen LogP contribution in [0.1, 0.15) is 11.1 Å². The van der Waals surface area contributed by atoms with Crippen LogP contribution in [0.4, 0.5) is 0 Å². The second kappa shape index (κ2) is 6.00. The van der Waals surface area contributed by atoms with Crippen LogP contribution in [-0.2, 0) is 6.42 Å². The monoisotopic (exact) mass is 264 g/mol. The molecule has 0 spiro atoms. The highest BCUT2D eigenvalue weighted by Gasteiger charge is 2.06. The van der Waals surface area contributed by atoms with Gasteiger partial charge in [-0.15, -0.1) is 0 Å². The molecule has 17 heavy (non-hydrogen) atoms. The standard InChI is InChI=1S/C13H14O2P2/c16-14-12-7-3-1-5-10(12)9-11-6-2-4-8-13(11)15-17/h1-8H,9,16-17H2. The van der Waals surface area contributed by atoms with Crippen LogP contribution in [0.5, 0.6) is 11.5 Å². The Morgan fingerprint density at radius 2 is 1.12 bits per heavy atom. The van der Waals surface area contributed by atoms with Crippen molar-refractivity contribution in [3.63, 3.8) is 0 Å². The summed E-state index contributed by atoms with van der Waals surface area (Å²) in [5.41, 5.74) is 2.27. The van der Waals surface area contributed by atoms with Crippen LogP contribution >= 0.6 is 18.9 Å². The summed E-state index contributed by atoms with van der Waals surface area (Å²) in [6.45, 7) is 0. The molecule has 0 aliphatic carbocycles. The van der Waals surface area contributed by atoms with E-state index in [1.165, 1.54) is 0 Å². The molecule has 0 aliphatic heterocycles. The molecule has 0 fully saturated rings. The van der Waals surface area contributed by atoms with E-state index in [0.717, 1.165) is 29.0 Å². The summed E-state index contributed by atoms with van der Waals surface area (Å²) in [6, 6.07) is 15.9. The third-order valence-corrected chi connectivity index (χ3v) is 3.09.